The Bertz CT molecular complexity index is 268. The van der Waals surface area contributed by atoms with Crippen molar-refractivity contribution < 1.29 is 5.11 Å². The minimum atomic E-state index is 0.154. The summed E-state index contributed by atoms with van der Waals surface area (Å²) in [5.41, 5.74) is 0. The molecule has 4 heteroatoms. The minimum Gasteiger partial charge on any atom is -0.395 e. The van der Waals surface area contributed by atoms with Gasteiger partial charge in [-0.05, 0) is 13.3 Å². The van der Waals surface area contributed by atoms with Crippen LogP contribution in [0.15, 0.2) is 12.4 Å². The summed E-state index contributed by atoms with van der Waals surface area (Å²) in [7, 11) is 1.97. The Morgan fingerprint density at radius 2 is 2.36 bits per heavy atom. The van der Waals surface area contributed by atoms with Gasteiger partial charge in [-0.15, -0.1) is 0 Å². The van der Waals surface area contributed by atoms with E-state index in [0.29, 0.717) is 0 Å². The molecule has 1 aromatic rings. The number of aliphatic hydroxyl groups is 1. The molecule has 0 aliphatic rings. The van der Waals surface area contributed by atoms with Gasteiger partial charge in [-0.25, -0.2) is 4.98 Å². The molecule has 1 aromatic heterocycles. The zero-order valence-corrected chi connectivity index (χ0v) is 9.07. The van der Waals surface area contributed by atoms with E-state index in [9.17, 15) is 0 Å². The van der Waals surface area contributed by atoms with Crippen molar-refractivity contribution in [1.29, 1.82) is 0 Å². The summed E-state index contributed by atoms with van der Waals surface area (Å²) in [5.74, 6) is 0.997. The summed E-state index contributed by atoms with van der Waals surface area (Å²) < 4.78 is 1.99. The van der Waals surface area contributed by atoms with Gasteiger partial charge in [0.2, 0.25) is 0 Å². The van der Waals surface area contributed by atoms with Crippen LogP contribution in [0.3, 0.4) is 0 Å². The molecule has 14 heavy (non-hydrogen) atoms. The molecule has 0 radical (unpaired) electrons. The summed E-state index contributed by atoms with van der Waals surface area (Å²) >= 11 is 0. The highest BCUT2D eigenvalue weighted by molar-refractivity contribution is 4.97. The fourth-order valence-corrected chi connectivity index (χ4v) is 1.52. The summed E-state index contributed by atoms with van der Waals surface area (Å²) in [5, 5.41) is 12.4. The number of hydrogen-bond acceptors (Lipinski definition) is 3. The fourth-order valence-electron chi connectivity index (χ4n) is 1.52. The second-order valence-electron chi connectivity index (χ2n) is 3.57. The van der Waals surface area contributed by atoms with Crippen LogP contribution in [0.1, 0.15) is 32.1 Å². The third-order valence-electron chi connectivity index (χ3n) is 2.44. The van der Waals surface area contributed by atoms with Crippen LogP contribution >= 0.6 is 0 Å². The second kappa shape index (κ2) is 5.12. The van der Waals surface area contributed by atoms with Crippen molar-refractivity contribution in [2.75, 3.05) is 6.61 Å². The number of nitrogens with zero attached hydrogens (tertiary/aromatic N) is 2. The van der Waals surface area contributed by atoms with Crippen molar-refractivity contribution in [2.24, 2.45) is 7.05 Å². The van der Waals surface area contributed by atoms with Gasteiger partial charge in [0.05, 0.1) is 12.6 Å². The zero-order chi connectivity index (χ0) is 10.6. The number of aromatic nitrogens is 2. The molecule has 0 fully saturated rings. The van der Waals surface area contributed by atoms with Crippen LogP contribution in [0.25, 0.3) is 0 Å². The first kappa shape index (κ1) is 11.2. The van der Waals surface area contributed by atoms with Crippen molar-refractivity contribution in [3.05, 3.63) is 18.2 Å². The van der Waals surface area contributed by atoms with Gasteiger partial charge >= 0.3 is 0 Å². The smallest absolute Gasteiger partial charge is 0.125 e. The van der Waals surface area contributed by atoms with Gasteiger partial charge < -0.3 is 15.0 Å². The lowest BCUT2D eigenvalue weighted by Gasteiger charge is -2.20. The van der Waals surface area contributed by atoms with E-state index in [1.807, 2.05) is 17.8 Å². The lowest BCUT2D eigenvalue weighted by atomic mass is 10.2. The highest BCUT2D eigenvalue weighted by Crippen LogP contribution is 2.09. The predicted molar refractivity (Wildman–Crippen MR) is 55.9 cm³/mol. The van der Waals surface area contributed by atoms with Crippen molar-refractivity contribution >= 4 is 0 Å². The number of aryl methyl sites for hydroxylation is 1. The first-order valence-corrected chi connectivity index (χ1v) is 5.03. The Labute approximate surface area is 85.0 Å². The lowest BCUT2D eigenvalue weighted by Crippen LogP contribution is -2.34. The Morgan fingerprint density at radius 1 is 1.64 bits per heavy atom. The van der Waals surface area contributed by atoms with Gasteiger partial charge in [0.1, 0.15) is 5.82 Å². The molecule has 0 bridgehead atoms. The molecule has 1 rings (SSSR count). The monoisotopic (exact) mass is 197 g/mol. The van der Waals surface area contributed by atoms with Gasteiger partial charge in [-0.2, -0.15) is 0 Å². The summed E-state index contributed by atoms with van der Waals surface area (Å²) in [6.07, 6.45) is 4.63. The van der Waals surface area contributed by atoms with Crippen molar-refractivity contribution in [2.45, 2.75) is 32.4 Å². The van der Waals surface area contributed by atoms with Crippen molar-refractivity contribution in [1.82, 2.24) is 14.9 Å². The average molecular weight is 197 g/mol. The van der Waals surface area contributed by atoms with Crippen molar-refractivity contribution in [3.63, 3.8) is 0 Å². The molecule has 0 aliphatic carbocycles. The largest absolute Gasteiger partial charge is 0.395 e. The summed E-state index contributed by atoms with van der Waals surface area (Å²) in [4.78, 5) is 4.26. The highest BCUT2D eigenvalue weighted by atomic mass is 16.3. The first-order valence-electron chi connectivity index (χ1n) is 5.03. The number of hydrogen-bond donors (Lipinski definition) is 2. The number of aliphatic hydroxyl groups excluding tert-OH is 1. The van der Waals surface area contributed by atoms with Gasteiger partial charge in [0.15, 0.2) is 0 Å². The Morgan fingerprint density at radius 3 is 2.79 bits per heavy atom. The van der Waals surface area contributed by atoms with E-state index in [2.05, 4.69) is 24.1 Å². The van der Waals surface area contributed by atoms with E-state index in [-0.39, 0.29) is 18.7 Å². The lowest BCUT2D eigenvalue weighted by molar-refractivity contribution is 0.228. The van der Waals surface area contributed by atoms with Crippen LogP contribution in [0.4, 0.5) is 0 Å². The molecule has 80 valence electrons. The van der Waals surface area contributed by atoms with Crippen LogP contribution in [0, 0.1) is 0 Å². The molecule has 0 saturated carbocycles. The third-order valence-corrected chi connectivity index (χ3v) is 2.44. The van der Waals surface area contributed by atoms with E-state index in [0.717, 1.165) is 12.2 Å². The molecular weight excluding hydrogens is 178 g/mol. The Balaban J connectivity index is 2.58. The Kier molecular flexibility index (Phi) is 4.10. The molecule has 2 N–H and O–H groups in total. The SMILES string of the molecule is CC[C@@H](CO)NC(C)c1nccn1C. The predicted octanol–water partition coefficient (Wildman–Crippen LogP) is 0.842. The number of rotatable bonds is 5. The van der Waals surface area contributed by atoms with Crippen LogP contribution in [-0.4, -0.2) is 27.3 Å². The van der Waals surface area contributed by atoms with Crippen molar-refractivity contribution in [3.8, 4) is 0 Å². The van der Waals surface area contributed by atoms with Crippen LogP contribution < -0.4 is 5.32 Å². The Hall–Kier alpha value is -0.870. The number of imidazole rings is 1. The van der Waals surface area contributed by atoms with E-state index < -0.39 is 0 Å². The molecule has 4 nitrogen and oxygen atoms in total. The molecule has 2 atom stereocenters. The highest BCUT2D eigenvalue weighted by Gasteiger charge is 2.13. The van der Waals surface area contributed by atoms with Gasteiger partial charge in [0, 0.05) is 25.5 Å². The minimum absolute atomic E-state index is 0.154. The van der Waals surface area contributed by atoms with E-state index in [1.165, 1.54) is 0 Å². The molecular formula is C10H19N3O. The van der Waals surface area contributed by atoms with Gasteiger partial charge in [0.25, 0.3) is 0 Å². The quantitative estimate of drug-likeness (QED) is 0.735. The zero-order valence-electron chi connectivity index (χ0n) is 9.07. The molecule has 0 amide bonds. The molecule has 0 spiro atoms. The normalized spacial score (nSPS) is 15.4. The molecule has 0 aromatic carbocycles. The van der Waals surface area contributed by atoms with E-state index >= 15 is 0 Å². The molecule has 1 unspecified atom stereocenters. The standard InChI is InChI=1S/C10H19N3O/c1-4-9(7-14)12-8(2)10-11-5-6-13(10)3/h5-6,8-9,12,14H,4,7H2,1-3H3/t8?,9-/m0/s1. The van der Waals surface area contributed by atoms with E-state index in [1.54, 1.807) is 6.20 Å². The average Bonchev–Trinajstić information content (AvgIpc) is 2.60. The molecule has 0 saturated heterocycles. The summed E-state index contributed by atoms with van der Waals surface area (Å²) in [6, 6.07) is 0.328. The van der Waals surface area contributed by atoms with E-state index in [4.69, 9.17) is 5.11 Å². The maximum absolute atomic E-state index is 9.05. The maximum Gasteiger partial charge on any atom is 0.125 e. The number of nitrogens with one attached hydrogen (secondary N) is 1. The second-order valence-corrected chi connectivity index (χ2v) is 3.57. The van der Waals surface area contributed by atoms with Gasteiger partial charge in [-0.3, -0.25) is 0 Å². The van der Waals surface area contributed by atoms with Crippen LogP contribution in [-0.2, 0) is 7.05 Å². The molecule has 1 heterocycles. The summed E-state index contributed by atoms with van der Waals surface area (Å²) in [6.45, 7) is 4.28. The third kappa shape index (κ3) is 2.56. The van der Waals surface area contributed by atoms with Gasteiger partial charge in [-0.1, -0.05) is 6.92 Å². The first-order chi connectivity index (χ1) is 6.69. The topological polar surface area (TPSA) is 50.1 Å². The van der Waals surface area contributed by atoms with Crippen LogP contribution in [0.2, 0.25) is 0 Å². The van der Waals surface area contributed by atoms with Crippen LogP contribution in [0.5, 0.6) is 0 Å². The maximum atomic E-state index is 9.05. The molecule has 0 aliphatic heterocycles. The fraction of sp³-hybridized carbons (Fsp3) is 0.700.